The summed E-state index contributed by atoms with van der Waals surface area (Å²) in [6, 6.07) is 4.31. The van der Waals surface area contributed by atoms with Crippen molar-refractivity contribution in [1.29, 1.82) is 0 Å². The van der Waals surface area contributed by atoms with E-state index in [9.17, 15) is 9.18 Å². The largest absolute Gasteiger partial charge is 0.379 e. The van der Waals surface area contributed by atoms with Crippen molar-refractivity contribution in [3.63, 3.8) is 0 Å². The van der Waals surface area contributed by atoms with Crippen molar-refractivity contribution in [2.75, 3.05) is 44.7 Å². The predicted molar refractivity (Wildman–Crippen MR) is 106 cm³/mol. The summed E-state index contributed by atoms with van der Waals surface area (Å²) in [7, 11) is 0. The highest BCUT2D eigenvalue weighted by molar-refractivity contribution is 5.94. The Hall–Kier alpha value is -2.58. The summed E-state index contributed by atoms with van der Waals surface area (Å²) in [4.78, 5) is 22.8. The monoisotopic (exact) mass is 387 g/mol. The third-order valence-electron chi connectivity index (χ3n) is 4.72. The van der Waals surface area contributed by atoms with Gasteiger partial charge in [-0.1, -0.05) is 19.9 Å². The number of anilines is 1. The molecule has 3 N–H and O–H groups in total. The molecule has 0 spiro atoms. The van der Waals surface area contributed by atoms with Gasteiger partial charge in [0.2, 0.25) is 5.95 Å². The molecule has 1 aliphatic rings. The number of aromatic nitrogens is 2. The average molecular weight is 387 g/mol. The molecule has 0 atom stereocenters. The lowest BCUT2D eigenvalue weighted by Crippen LogP contribution is -2.39. The summed E-state index contributed by atoms with van der Waals surface area (Å²) < 4.78 is 19.2. The highest BCUT2D eigenvalue weighted by Crippen LogP contribution is 2.29. The Morgan fingerprint density at radius 3 is 2.79 bits per heavy atom. The molecule has 0 aliphatic carbocycles. The van der Waals surface area contributed by atoms with E-state index in [2.05, 4.69) is 20.2 Å². The maximum atomic E-state index is 13.8. The van der Waals surface area contributed by atoms with Crippen molar-refractivity contribution >= 4 is 11.9 Å². The van der Waals surface area contributed by atoms with E-state index < -0.39 is 11.7 Å². The molecule has 8 heteroatoms. The quantitative estimate of drug-likeness (QED) is 0.757. The van der Waals surface area contributed by atoms with Gasteiger partial charge in [0.25, 0.3) is 5.91 Å². The van der Waals surface area contributed by atoms with E-state index in [0.717, 1.165) is 50.7 Å². The summed E-state index contributed by atoms with van der Waals surface area (Å²) in [5, 5.41) is 3.27. The lowest BCUT2D eigenvalue weighted by molar-refractivity contribution is 0.0398. The molecular formula is C20H26FN5O2. The van der Waals surface area contributed by atoms with Crippen LogP contribution in [0, 0.1) is 5.82 Å². The fraction of sp³-hybridized carbons (Fsp3) is 0.450. The van der Waals surface area contributed by atoms with E-state index in [1.165, 1.54) is 12.1 Å². The zero-order chi connectivity index (χ0) is 20.1. The number of hydrogen-bond acceptors (Lipinski definition) is 6. The van der Waals surface area contributed by atoms with E-state index in [1.807, 2.05) is 13.8 Å². The van der Waals surface area contributed by atoms with E-state index >= 15 is 0 Å². The van der Waals surface area contributed by atoms with Crippen LogP contribution in [0.25, 0.3) is 11.1 Å². The first-order valence-corrected chi connectivity index (χ1v) is 9.46. The average Bonchev–Trinajstić information content (AvgIpc) is 2.69. The van der Waals surface area contributed by atoms with Gasteiger partial charge in [0.05, 0.1) is 24.5 Å². The molecule has 0 radical (unpaired) electrons. The van der Waals surface area contributed by atoms with Crippen LogP contribution in [-0.2, 0) is 4.74 Å². The molecule has 1 fully saturated rings. The van der Waals surface area contributed by atoms with Gasteiger partial charge in [-0.15, -0.1) is 0 Å². The second kappa shape index (κ2) is 9.07. The Labute approximate surface area is 164 Å². The third kappa shape index (κ3) is 4.82. The van der Waals surface area contributed by atoms with E-state index in [1.54, 1.807) is 12.3 Å². The molecule has 3 rings (SSSR count). The van der Waals surface area contributed by atoms with Crippen LogP contribution in [0.4, 0.5) is 10.3 Å². The Kier molecular flexibility index (Phi) is 6.53. The third-order valence-corrected chi connectivity index (χ3v) is 4.72. The van der Waals surface area contributed by atoms with Crippen LogP contribution in [0.2, 0.25) is 0 Å². The van der Waals surface area contributed by atoms with Gasteiger partial charge >= 0.3 is 0 Å². The van der Waals surface area contributed by atoms with Crippen molar-refractivity contribution in [3.05, 3.63) is 41.5 Å². The molecule has 0 saturated carbocycles. The predicted octanol–water partition coefficient (Wildman–Crippen LogP) is 2.25. The fourth-order valence-corrected chi connectivity index (χ4v) is 3.17. The van der Waals surface area contributed by atoms with Crippen LogP contribution in [0.5, 0.6) is 0 Å². The molecule has 28 heavy (non-hydrogen) atoms. The van der Waals surface area contributed by atoms with E-state index in [-0.39, 0.29) is 11.5 Å². The molecular weight excluding hydrogens is 361 g/mol. The van der Waals surface area contributed by atoms with Crippen LogP contribution in [0.1, 0.15) is 35.8 Å². The zero-order valence-electron chi connectivity index (χ0n) is 16.2. The molecule has 1 saturated heterocycles. The van der Waals surface area contributed by atoms with Gasteiger partial charge in [0.1, 0.15) is 5.82 Å². The highest BCUT2D eigenvalue weighted by Gasteiger charge is 2.16. The lowest BCUT2D eigenvalue weighted by Gasteiger charge is -2.26. The second-order valence-electron chi connectivity index (χ2n) is 7.09. The number of amides is 1. The Morgan fingerprint density at radius 1 is 1.36 bits per heavy atom. The standard InChI is InChI=1S/C20H26FN5O2/c1-13(2)18-16(14-3-4-17(21)15(11-14)19(22)27)12-24-20(25-18)23-5-6-26-7-9-28-10-8-26/h3-4,11-13H,5-10H2,1-2H3,(H2,22,27)(H,23,24,25). The molecule has 1 aromatic heterocycles. The Morgan fingerprint density at radius 2 is 2.11 bits per heavy atom. The fourth-order valence-electron chi connectivity index (χ4n) is 3.17. The number of rotatable bonds is 7. The van der Waals surface area contributed by atoms with Crippen molar-refractivity contribution in [2.24, 2.45) is 5.73 Å². The van der Waals surface area contributed by atoms with Crippen LogP contribution < -0.4 is 11.1 Å². The minimum atomic E-state index is -0.798. The SMILES string of the molecule is CC(C)c1nc(NCCN2CCOCC2)ncc1-c1ccc(F)c(C(N)=O)c1. The number of carbonyl (C=O) groups is 1. The maximum Gasteiger partial charge on any atom is 0.251 e. The number of primary amides is 1. The zero-order valence-corrected chi connectivity index (χ0v) is 16.2. The number of hydrogen-bond donors (Lipinski definition) is 2. The van der Waals surface area contributed by atoms with Crippen molar-refractivity contribution in [3.8, 4) is 11.1 Å². The Balaban J connectivity index is 1.77. The molecule has 1 aromatic carbocycles. The molecule has 7 nitrogen and oxygen atoms in total. The molecule has 0 unspecified atom stereocenters. The van der Waals surface area contributed by atoms with Crippen LogP contribution >= 0.6 is 0 Å². The lowest BCUT2D eigenvalue weighted by atomic mass is 9.97. The van der Waals surface area contributed by atoms with E-state index in [0.29, 0.717) is 11.5 Å². The molecule has 0 bridgehead atoms. The van der Waals surface area contributed by atoms with Crippen molar-refractivity contribution in [1.82, 2.24) is 14.9 Å². The number of halogens is 1. The smallest absolute Gasteiger partial charge is 0.251 e. The second-order valence-corrected chi connectivity index (χ2v) is 7.09. The van der Waals surface area contributed by atoms with Crippen molar-refractivity contribution in [2.45, 2.75) is 19.8 Å². The molecule has 2 heterocycles. The minimum absolute atomic E-state index is 0.125. The van der Waals surface area contributed by atoms with Crippen molar-refractivity contribution < 1.29 is 13.9 Å². The van der Waals surface area contributed by atoms with Crippen LogP contribution in [0.3, 0.4) is 0 Å². The number of morpholine rings is 1. The summed E-state index contributed by atoms with van der Waals surface area (Å²) in [6.45, 7) is 9.10. The first kappa shape index (κ1) is 20.2. The molecule has 1 aliphatic heterocycles. The van der Waals surface area contributed by atoms with Gasteiger partial charge in [-0.05, 0) is 23.6 Å². The summed E-state index contributed by atoms with van der Waals surface area (Å²) in [5.41, 5.74) is 7.38. The van der Waals surface area contributed by atoms with Crippen LogP contribution in [-0.4, -0.2) is 60.2 Å². The molecule has 2 aromatic rings. The number of nitrogens with zero attached hydrogens (tertiary/aromatic N) is 3. The summed E-state index contributed by atoms with van der Waals surface area (Å²) >= 11 is 0. The normalized spacial score (nSPS) is 15.0. The van der Waals surface area contributed by atoms with Gasteiger partial charge in [-0.2, -0.15) is 0 Å². The minimum Gasteiger partial charge on any atom is -0.379 e. The topological polar surface area (TPSA) is 93.4 Å². The number of ether oxygens (including phenoxy) is 1. The van der Waals surface area contributed by atoms with Gasteiger partial charge in [0, 0.05) is 37.9 Å². The van der Waals surface area contributed by atoms with Gasteiger partial charge in [-0.25, -0.2) is 14.4 Å². The maximum absolute atomic E-state index is 13.8. The van der Waals surface area contributed by atoms with Gasteiger partial charge < -0.3 is 15.8 Å². The van der Waals surface area contributed by atoms with E-state index in [4.69, 9.17) is 10.5 Å². The molecule has 1 amide bonds. The number of benzene rings is 1. The number of carbonyl (C=O) groups excluding carboxylic acids is 1. The first-order chi connectivity index (χ1) is 13.5. The van der Waals surface area contributed by atoms with Gasteiger partial charge in [0.15, 0.2) is 0 Å². The summed E-state index contributed by atoms with van der Waals surface area (Å²) in [6.07, 6.45) is 1.71. The van der Waals surface area contributed by atoms with Crippen LogP contribution in [0.15, 0.2) is 24.4 Å². The summed E-state index contributed by atoms with van der Waals surface area (Å²) in [5.74, 6) is -0.754. The first-order valence-electron chi connectivity index (χ1n) is 9.46. The Bertz CT molecular complexity index is 837. The highest BCUT2D eigenvalue weighted by atomic mass is 19.1. The van der Waals surface area contributed by atoms with Gasteiger partial charge in [-0.3, -0.25) is 9.69 Å². The number of nitrogens with one attached hydrogen (secondary N) is 1. The molecule has 150 valence electrons. The number of nitrogens with two attached hydrogens (primary N) is 1.